The van der Waals surface area contributed by atoms with E-state index in [0.29, 0.717) is 15.6 Å². The van der Waals surface area contributed by atoms with Crippen LogP contribution in [0.15, 0.2) is 42.5 Å². The smallest absolute Gasteiger partial charge is 0.492 e. The number of ether oxygens (including phenoxy) is 1. The van der Waals surface area contributed by atoms with Gasteiger partial charge in [0.25, 0.3) is 0 Å². The Morgan fingerprint density at radius 2 is 1.62 bits per heavy atom. The quantitative estimate of drug-likeness (QED) is 0.755. The summed E-state index contributed by atoms with van der Waals surface area (Å²) in [7, 11) is 0. The first-order valence-corrected chi connectivity index (χ1v) is 6.49. The fourth-order valence-electron chi connectivity index (χ4n) is 1.67. The zero-order valence-corrected chi connectivity index (χ0v) is 15.8. The molecule has 0 saturated heterocycles. The van der Waals surface area contributed by atoms with Crippen LogP contribution in [0.2, 0.25) is 10.0 Å². The van der Waals surface area contributed by atoms with E-state index in [1.54, 1.807) is 18.2 Å². The van der Waals surface area contributed by atoms with Gasteiger partial charge in [-0.05, 0) is 23.8 Å². The van der Waals surface area contributed by atoms with Gasteiger partial charge in [0.2, 0.25) is 0 Å². The van der Waals surface area contributed by atoms with Crippen LogP contribution >= 0.6 is 23.2 Å². The van der Waals surface area contributed by atoms with Crippen LogP contribution in [0.3, 0.4) is 0 Å². The second kappa shape index (κ2) is 8.24. The minimum Gasteiger partial charge on any atom is -0.492 e. The SMILES string of the molecule is F[B-](F)(F)c1ccccc1OCc1ccc(Cl)c(Cl)c1.[K+]. The van der Waals surface area contributed by atoms with E-state index >= 15 is 0 Å². The first-order valence-electron chi connectivity index (χ1n) is 5.73. The van der Waals surface area contributed by atoms with Crippen molar-refractivity contribution in [3.8, 4) is 5.75 Å². The molecule has 0 aliphatic carbocycles. The van der Waals surface area contributed by atoms with E-state index < -0.39 is 12.4 Å². The van der Waals surface area contributed by atoms with Crippen molar-refractivity contribution in [3.05, 3.63) is 58.1 Å². The molecule has 0 spiro atoms. The number of rotatable bonds is 4. The summed E-state index contributed by atoms with van der Waals surface area (Å²) in [6.45, 7) is -5.12. The van der Waals surface area contributed by atoms with E-state index in [1.165, 1.54) is 18.2 Å². The van der Waals surface area contributed by atoms with Crippen molar-refractivity contribution < 1.29 is 69.1 Å². The molecule has 0 fully saturated rings. The fraction of sp³-hybridized carbons (Fsp3) is 0.0769. The third kappa shape index (κ3) is 5.46. The fourth-order valence-corrected chi connectivity index (χ4v) is 1.99. The molecule has 0 N–H and O–H groups in total. The molecule has 0 saturated carbocycles. The Balaban J connectivity index is 0.00000220. The van der Waals surface area contributed by atoms with Gasteiger partial charge in [-0.15, -0.1) is 0 Å². The summed E-state index contributed by atoms with van der Waals surface area (Å²) in [5.74, 6) is -0.189. The number of para-hydroxylation sites is 1. The third-order valence-electron chi connectivity index (χ3n) is 2.65. The molecule has 2 aromatic rings. The van der Waals surface area contributed by atoms with Crippen LogP contribution in [0.5, 0.6) is 5.75 Å². The number of hydrogen-bond donors (Lipinski definition) is 0. The standard InChI is InChI=1S/C13H9BCl2F3O.K/c15-11-6-5-9(7-12(11)16)8-20-13-4-2-1-3-10(13)14(17,18)19;/h1-7H,8H2;/q-1;+1. The summed E-state index contributed by atoms with van der Waals surface area (Å²) in [6, 6.07) is 9.90. The van der Waals surface area contributed by atoms with Crippen LogP contribution in [-0.4, -0.2) is 6.98 Å². The molecule has 0 heterocycles. The van der Waals surface area contributed by atoms with Gasteiger partial charge in [0, 0.05) is 0 Å². The Labute approximate surface area is 173 Å². The molecule has 0 bridgehead atoms. The Kier molecular flexibility index (Phi) is 7.60. The summed E-state index contributed by atoms with van der Waals surface area (Å²) >= 11 is 11.6. The summed E-state index contributed by atoms with van der Waals surface area (Å²) in [4.78, 5) is 0. The van der Waals surface area contributed by atoms with E-state index in [1.807, 2.05) is 0 Å². The van der Waals surface area contributed by atoms with Gasteiger partial charge in [-0.2, -0.15) is 0 Å². The first-order chi connectivity index (χ1) is 9.38. The maximum atomic E-state index is 12.8. The van der Waals surface area contributed by atoms with E-state index in [4.69, 9.17) is 27.9 Å². The van der Waals surface area contributed by atoms with Crippen molar-refractivity contribution in [2.75, 3.05) is 0 Å². The Bertz CT molecular complexity index is 623. The van der Waals surface area contributed by atoms with Crippen LogP contribution in [0.1, 0.15) is 5.56 Å². The molecule has 1 nitrogen and oxygen atoms in total. The molecule has 0 atom stereocenters. The van der Waals surface area contributed by atoms with Crippen molar-refractivity contribution in [2.45, 2.75) is 6.61 Å². The molecule has 8 heteroatoms. The molecule has 0 aliphatic heterocycles. The summed E-state index contributed by atoms with van der Waals surface area (Å²) in [5.41, 5.74) is -0.101. The van der Waals surface area contributed by atoms with Gasteiger partial charge >= 0.3 is 58.4 Å². The van der Waals surface area contributed by atoms with Gasteiger partial charge in [0.1, 0.15) is 6.61 Å². The maximum absolute atomic E-state index is 12.8. The number of hydrogen-bond acceptors (Lipinski definition) is 1. The van der Waals surface area contributed by atoms with Crippen LogP contribution in [0, 0.1) is 0 Å². The molecule has 21 heavy (non-hydrogen) atoms. The van der Waals surface area contributed by atoms with Crippen LogP contribution < -0.4 is 61.6 Å². The van der Waals surface area contributed by atoms with Crippen molar-refractivity contribution in [1.82, 2.24) is 0 Å². The van der Waals surface area contributed by atoms with Gasteiger partial charge in [0.15, 0.2) is 0 Å². The number of halogens is 5. The molecular formula is C13H9BCl2F3KO. The Hall–Kier alpha value is 0.311. The molecule has 0 aromatic heterocycles. The van der Waals surface area contributed by atoms with Crippen molar-refractivity contribution >= 4 is 35.6 Å². The molecule has 2 aromatic carbocycles. The molecule has 0 unspecified atom stereocenters. The monoisotopic (exact) mass is 358 g/mol. The predicted octanol–water partition coefficient (Wildman–Crippen LogP) is 1.63. The maximum Gasteiger partial charge on any atom is 1.00 e. The predicted molar refractivity (Wildman–Crippen MR) is 75.9 cm³/mol. The number of benzene rings is 2. The average molecular weight is 359 g/mol. The molecule has 0 aliphatic rings. The van der Waals surface area contributed by atoms with E-state index in [2.05, 4.69) is 0 Å². The Morgan fingerprint density at radius 3 is 2.24 bits per heavy atom. The second-order valence-corrected chi connectivity index (χ2v) is 4.96. The molecule has 106 valence electrons. The zero-order valence-electron chi connectivity index (χ0n) is 11.1. The zero-order chi connectivity index (χ0) is 14.8. The van der Waals surface area contributed by atoms with Crippen LogP contribution in [-0.2, 0) is 6.61 Å². The molecular weight excluding hydrogens is 350 g/mol. The van der Waals surface area contributed by atoms with E-state index in [0.717, 1.165) is 6.07 Å². The third-order valence-corrected chi connectivity index (χ3v) is 3.39. The second-order valence-electron chi connectivity index (χ2n) is 4.15. The van der Waals surface area contributed by atoms with Gasteiger partial charge in [-0.1, -0.05) is 52.9 Å². The van der Waals surface area contributed by atoms with Crippen molar-refractivity contribution in [1.29, 1.82) is 0 Å². The van der Waals surface area contributed by atoms with E-state index in [9.17, 15) is 12.9 Å². The van der Waals surface area contributed by atoms with E-state index in [-0.39, 0.29) is 63.7 Å². The van der Waals surface area contributed by atoms with Crippen LogP contribution in [0.25, 0.3) is 0 Å². The van der Waals surface area contributed by atoms with Gasteiger partial charge in [0.05, 0.1) is 15.8 Å². The largest absolute Gasteiger partial charge is 1.00 e. The van der Waals surface area contributed by atoms with Gasteiger partial charge < -0.3 is 17.7 Å². The van der Waals surface area contributed by atoms with Gasteiger partial charge in [-0.25, -0.2) is 0 Å². The molecule has 0 radical (unpaired) electrons. The normalized spacial score (nSPS) is 10.9. The van der Waals surface area contributed by atoms with Crippen LogP contribution in [0.4, 0.5) is 12.9 Å². The topological polar surface area (TPSA) is 9.23 Å². The molecule has 0 amide bonds. The summed E-state index contributed by atoms with van der Waals surface area (Å²) in [6.07, 6.45) is 0. The van der Waals surface area contributed by atoms with Crippen molar-refractivity contribution in [3.63, 3.8) is 0 Å². The average Bonchev–Trinajstić information content (AvgIpc) is 2.39. The Morgan fingerprint density at radius 1 is 0.952 bits per heavy atom. The minimum atomic E-state index is -5.11. The van der Waals surface area contributed by atoms with Crippen molar-refractivity contribution in [2.24, 2.45) is 0 Å². The van der Waals surface area contributed by atoms with Gasteiger partial charge in [-0.3, -0.25) is 0 Å². The molecule has 2 rings (SSSR count). The summed E-state index contributed by atoms with van der Waals surface area (Å²) in [5, 5.41) is 0.718. The summed E-state index contributed by atoms with van der Waals surface area (Å²) < 4.78 is 43.7. The first kappa shape index (κ1) is 19.4. The minimum absolute atomic E-state index is 0.